The Morgan fingerprint density at radius 2 is 1.83 bits per heavy atom. The molecule has 0 bridgehead atoms. The number of carboxylic acid groups (broad SMARTS) is 1. The number of rotatable bonds is 7. The monoisotopic (exact) mass is 261 g/mol. The average Bonchev–Trinajstić information content (AvgIpc) is 2.28. The van der Waals surface area contributed by atoms with Gasteiger partial charge in [-0.3, -0.25) is 4.79 Å². The molecule has 0 aromatic carbocycles. The van der Waals surface area contributed by atoms with Gasteiger partial charge in [0.05, 0.1) is 0 Å². The van der Waals surface area contributed by atoms with Crippen LogP contribution in [0.2, 0.25) is 0 Å². The third-order valence-corrected chi connectivity index (χ3v) is 2.08. The van der Waals surface area contributed by atoms with E-state index in [-0.39, 0.29) is 18.9 Å². The molecule has 0 aromatic heterocycles. The van der Waals surface area contributed by atoms with Crippen molar-refractivity contribution in [3.63, 3.8) is 0 Å². The zero-order valence-corrected chi connectivity index (χ0v) is 10.4. The fraction of sp³-hybridized carbons (Fsp3) is 0.700. The number of amides is 3. The van der Waals surface area contributed by atoms with E-state index in [1.54, 1.807) is 6.92 Å². The van der Waals surface area contributed by atoms with Gasteiger partial charge in [0.15, 0.2) is 6.10 Å². The Labute approximate surface area is 105 Å². The third-order valence-electron chi connectivity index (χ3n) is 2.08. The fourth-order valence-electron chi connectivity index (χ4n) is 1.09. The van der Waals surface area contributed by atoms with Gasteiger partial charge in [0.2, 0.25) is 5.91 Å². The minimum absolute atomic E-state index is 0.00141. The molecule has 0 aliphatic carbocycles. The first kappa shape index (κ1) is 16.2. The van der Waals surface area contributed by atoms with E-state index in [0.717, 1.165) is 0 Å². The molecule has 3 amide bonds. The molecule has 5 N–H and O–H groups in total. The second-order valence-electron chi connectivity index (χ2n) is 3.66. The van der Waals surface area contributed by atoms with Crippen LogP contribution < -0.4 is 16.0 Å². The molecule has 0 fully saturated rings. The zero-order valence-electron chi connectivity index (χ0n) is 10.4. The quantitative estimate of drug-likeness (QED) is 0.387. The van der Waals surface area contributed by atoms with Crippen LogP contribution in [0.15, 0.2) is 0 Å². The molecule has 0 aliphatic rings. The summed E-state index contributed by atoms with van der Waals surface area (Å²) in [5, 5.41) is 24.6. The number of aliphatic hydroxyl groups is 1. The van der Waals surface area contributed by atoms with Gasteiger partial charge < -0.3 is 26.2 Å². The van der Waals surface area contributed by atoms with Crippen molar-refractivity contribution < 1.29 is 24.6 Å². The molecule has 0 aliphatic heterocycles. The Balaban J connectivity index is 3.84. The van der Waals surface area contributed by atoms with E-state index in [4.69, 9.17) is 10.2 Å². The lowest BCUT2D eigenvalue weighted by Gasteiger charge is -2.14. The van der Waals surface area contributed by atoms with E-state index in [2.05, 4.69) is 16.0 Å². The maximum atomic E-state index is 11.3. The first-order chi connectivity index (χ1) is 8.38. The summed E-state index contributed by atoms with van der Waals surface area (Å²) < 4.78 is 0. The van der Waals surface area contributed by atoms with Crippen LogP contribution in [0.3, 0.4) is 0 Å². The highest BCUT2D eigenvalue weighted by atomic mass is 16.4. The van der Waals surface area contributed by atoms with Crippen LogP contribution in [0, 0.1) is 0 Å². The van der Waals surface area contributed by atoms with E-state index in [9.17, 15) is 14.4 Å². The number of carbonyl (C=O) groups excluding carboxylic acids is 2. The second-order valence-corrected chi connectivity index (χ2v) is 3.66. The van der Waals surface area contributed by atoms with E-state index in [1.807, 2.05) is 0 Å². The minimum atomic E-state index is -1.51. The molecule has 2 atom stereocenters. The van der Waals surface area contributed by atoms with Crippen molar-refractivity contribution in [2.75, 3.05) is 13.1 Å². The Hall–Kier alpha value is -1.83. The SMILES string of the molecule is CCNC(=O)C(C)NC(=O)NCC[C@H](O)C(=O)O. The molecule has 0 aromatic rings. The Bertz CT molecular complexity index is 308. The summed E-state index contributed by atoms with van der Waals surface area (Å²) in [7, 11) is 0. The Morgan fingerprint density at radius 1 is 1.22 bits per heavy atom. The standard InChI is InChI=1S/C10H19N3O5/c1-3-11-8(15)6(2)13-10(18)12-5-4-7(14)9(16)17/h6-7,14H,3-5H2,1-2H3,(H,11,15)(H,16,17)(H2,12,13,18)/t6?,7-/m0/s1. The summed E-state index contributed by atoms with van der Waals surface area (Å²) in [6.07, 6.45) is -1.61. The first-order valence-electron chi connectivity index (χ1n) is 5.61. The van der Waals surface area contributed by atoms with Crippen molar-refractivity contribution in [1.29, 1.82) is 0 Å². The van der Waals surface area contributed by atoms with Crippen LogP contribution in [-0.4, -0.2) is 53.4 Å². The third kappa shape index (κ3) is 6.69. The van der Waals surface area contributed by atoms with Crippen molar-refractivity contribution >= 4 is 17.9 Å². The number of carbonyl (C=O) groups is 3. The topological polar surface area (TPSA) is 128 Å². The van der Waals surface area contributed by atoms with Crippen LogP contribution in [-0.2, 0) is 9.59 Å². The van der Waals surface area contributed by atoms with E-state index in [0.29, 0.717) is 6.54 Å². The summed E-state index contributed by atoms with van der Waals surface area (Å²) in [6.45, 7) is 3.76. The van der Waals surface area contributed by atoms with Gasteiger partial charge >= 0.3 is 12.0 Å². The first-order valence-corrected chi connectivity index (χ1v) is 5.61. The highest BCUT2D eigenvalue weighted by Crippen LogP contribution is 1.89. The number of aliphatic carboxylic acids is 1. The molecule has 1 unspecified atom stereocenters. The van der Waals surface area contributed by atoms with Crippen molar-refractivity contribution in [2.24, 2.45) is 0 Å². The number of nitrogens with one attached hydrogen (secondary N) is 3. The predicted molar refractivity (Wildman–Crippen MR) is 62.9 cm³/mol. The molecule has 0 spiro atoms. The van der Waals surface area contributed by atoms with Crippen molar-refractivity contribution in [3.05, 3.63) is 0 Å². The predicted octanol–water partition coefficient (Wildman–Crippen LogP) is -1.35. The number of hydrogen-bond donors (Lipinski definition) is 5. The molecule has 0 heterocycles. The number of carboxylic acids is 1. The molecule has 0 saturated carbocycles. The summed E-state index contributed by atoms with van der Waals surface area (Å²) in [5.41, 5.74) is 0. The Kier molecular flexibility index (Phi) is 7.45. The lowest BCUT2D eigenvalue weighted by molar-refractivity contribution is -0.146. The molecule has 0 saturated heterocycles. The summed E-state index contributed by atoms with van der Waals surface area (Å²) in [4.78, 5) is 32.8. The number of likely N-dealkylation sites (N-methyl/N-ethyl adjacent to an activating group) is 1. The van der Waals surface area contributed by atoms with Gasteiger partial charge in [0, 0.05) is 19.5 Å². The van der Waals surface area contributed by atoms with Crippen molar-refractivity contribution in [3.8, 4) is 0 Å². The normalized spacial score (nSPS) is 13.3. The van der Waals surface area contributed by atoms with Gasteiger partial charge in [-0.1, -0.05) is 0 Å². The molecule has 0 rings (SSSR count). The lowest BCUT2D eigenvalue weighted by Crippen LogP contribution is -2.48. The van der Waals surface area contributed by atoms with E-state index >= 15 is 0 Å². The number of urea groups is 1. The molecular weight excluding hydrogens is 242 g/mol. The minimum Gasteiger partial charge on any atom is -0.479 e. The highest BCUT2D eigenvalue weighted by molar-refractivity contribution is 5.86. The van der Waals surface area contributed by atoms with E-state index < -0.39 is 24.1 Å². The zero-order chi connectivity index (χ0) is 14.1. The summed E-state index contributed by atoms with van der Waals surface area (Å²) in [5.74, 6) is -1.65. The van der Waals surface area contributed by atoms with Crippen LogP contribution in [0.1, 0.15) is 20.3 Å². The van der Waals surface area contributed by atoms with Crippen molar-refractivity contribution in [2.45, 2.75) is 32.4 Å². The van der Waals surface area contributed by atoms with Gasteiger partial charge in [-0.25, -0.2) is 9.59 Å². The van der Waals surface area contributed by atoms with Gasteiger partial charge in [0.1, 0.15) is 6.04 Å². The molecule has 104 valence electrons. The molecular formula is C10H19N3O5. The molecule has 18 heavy (non-hydrogen) atoms. The van der Waals surface area contributed by atoms with Gasteiger partial charge in [0.25, 0.3) is 0 Å². The van der Waals surface area contributed by atoms with Crippen LogP contribution in [0.25, 0.3) is 0 Å². The van der Waals surface area contributed by atoms with Crippen LogP contribution in [0.4, 0.5) is 4.79 Å². The molecule has 8 heteroatoms. The fourth-order valence-corrected chi connectivity index (χ4v) is 1.09. The Morgan fingerprint density at radius 3 is 2.33 bits per heavy atom. The summed E-state index contributed by atoms with van der Waals surface area (Å²) in [6, 6.07) is -1.28. The second kappa shape index (κ2) is 8.29. The van der Waals surface area contributed by atoms with Crippen molar-refractivity contribution in [1.82, 2.24) is 16.0 Å². The largest absolute Gasteiger partial charge is 0.479 e. The highest BCUT2D eigenvalue weighted by Gasteiger charge is 2.15. The summed E-state index contributed by atoms with van der Waals surface area (Å²) >= 11 is 0. The maximum absolute atomic E-state index is 11.3. The molecule has 0 radical (unpaired) electrons. The van der Waals surface area contributed by atoms with Gasteiger partial charge in [-0.15, -0.1) is 0 Å². The van der Waals surface area contributed by atoms with Crippen LogP contribution in [0.5, 0.6) is 0 Å². The molecule has 8 nitrogen and oxygen atoms in total. The average molecular weight is 261 g/mol. The van der Waals surface area contributed by atoms with E-state index in [1.165, 1.54) is 6.92 Å². The number of hydrogen-bond acceptors (Lipinski definition) is 4. The smallest absolute Gasteiger partial charge is 0.332 e. The van der Waals surface area contributed by atoms with Gasteiger partial charge in [-0.05, 0) is 13.8 Å². The number of aliphatic hydroxyl groups excluding tert-OH is 1. The van der Waals surface area contributed by atoms with Crippen LogP contribution >= 0.6 is 0 Å². The maximum Gasteiger partial charge on any atom is 0.332 e. The lowest BCUT2D eigenvalue weighted by atomic mass is 10.2. The van der Waals surface area contributed by atoms with Gasteiger partial charge in [-0.2, -0.15) is 0 Å².